The Hall–Kier alpha value is -2.52. The molecule has 0 aliphatic rings. The first-order valence-electron chi connectivity index (χ1n) is 8.26. The molecule has 0 aromatic heterocycles. The number of alkyl halides is 1. The highest BCUT2D eigenvalue weighted by Crippen LogP contribution is 2.31. The molecule has 1 unspecified atom stereocenters. The standard InChI is InChI=1S/C18H22FN3O4S/c1-12(2)27(25,26)21-11-18(3,19)15-7-4-13(5-8-15)14-6-9-16(20)17(10-14)22(23)24/h4-10,12,21H,11,20H2,1-3H3. The van der Waals surface area contributed by atoms with E-state index in [1.165, 1.54) is 45.0 Å². The number of nitrogens with one attached hydrogen (secondary N) is 1. The van der Waals surface area contributed by atoms with Gasteiger partial charge in [-0.05, 0) is 43.5 Å². The van der Waals surface area contributed by atoms with Crippen LogP contribution in [0.15, 0.2) is 42.5 Å². The molecule has 27 heavy (non-hydrogen) atoms. The van der Waals surface area contributed by atoms with Gasteiger partial charge in [-0.15, -0.1) is 0 Å². The number of benzene rings is 2. The Morgan fingerprint density at radius 2 is 1.74 bits per heavy atom. The minimum Gasteiger partial charge on any atom is -0.393 e. The maximum absolute atomic E-state index is 14.9. The van der Waals surface area contributed by atoms with Crippen LogP contribution < -0.4 is 10.5 Å². The summed E-state index contributed by atoms with van der Waals surface area (Å²) in [4.78, 5) is 10.4. The fourth-order valence-electron chi connectivity index (χ4n) is 2.40. The first-order valence-corrected chi connectivity index (χ1v) is 9.81. The molecule has 0 aliphatic carbocycles. The zero-order valence-electron chi connectivity index (χ0n) is 15.3. The Bertz CT molecular complexity index is 942. The fraction of sp³-hybridized carbons (Fsp3) is 0.333. The molecule has 0 bridgehead atoms. The predicted octanol–water partition coefficient (Wildman–Crippen LogP) is 3.36. The van der Waals surface area contributed by atoms with E-state index in [2.05, 4.69) is 4.72 Å². The molecule has 0 aliphatic heterocycles. The van der Waals surface area contributed by atoms with Gasteiger partial charge in [0.25, 0.3) is 5.69 Å². The van der Waals surface area contributed by atoms with Crippen molar-refractivity contribution in [2.45, 2.75) is 31.7 Å². The van der Waals surface area contributed by atoms with Gasteiger partial charge in [-0.3, -0.25) is 10.1 Å². The summed E-state index contributed by atoms with van der Waals surface area (Å²) in [6.45, 7) is 3.93. The molecular formula is C18H22FN3O4S. The number of sulfonamides is 1. The molecule has 0 fully saturated rings. The maximum atomic E-state index is 14.9. The molecule has 2 aromatic carbocycles. The molecule has 0 spiro atoms. The van der Waals surface area contributed by atoms with E-state index in [9.17, 15) is 22.9 Å². The quantitative estimate of drug-likeness (QED) is 0.424. The molecule has 2 rings (SSSR count). The van der Waals surface area contributed by atoms with Crippen LogP contribution >= 0.6 is 0 Å². The second-order valence-electron chi connectivity index (χ2n) is 6.72. The second-order valence-corrected chi connectivity index (χ2v) is 9.04. The zero-order chi connectivity index (χ0) is 20.4. The fourth-order valence-corrected chi connectivity index (χ4v) is 3.20. The van der Waals surface area contributed by atoms with Crippen molar-refractivity contribution < 1.29 is 17.7 Å². The van der Waals surface area contributed by atoms with E-state index < -0.39 is 25.9 Å². The van der Waals surface area contributed by atoms with Gasteiger partial charge in [-0.2, -0.15) is 0 Å². The van der Waals surface area contributed by atoms with E-state index in [0.717, 1.165) is 0 Å². The summed E-state index contributed by atoms with van der Waals surface area (Å²) in [5.74, 6) is 0. The third-order valence-electron chi connectivity index (χ3n) is 4.27. The van der Waals surface area contributed by atoms with E-state index in [1.54, 1.807) is 18.2 Å². The van der Waals surface area contributed by atoms with Crippen molar-refractivity contribution >= 4 is 21.4 Å². The third-order valence-corrected chi connectivity index (χ3v) is 6.06. The van der Waals surface area contributed by atoms with Crippen LogP contribution in [0.25, 0.3) is 11.1 Å². The SMILES string of the molecule is CC(C)S(=O)(=O)NCC(C)(F)c1ccc(-c2ccc(N)c([N+](=O)[O-])c2)cc1. The average molecular weight is 395 g/mol. The zero-order valence-corrected chi connectivity index (χ0v) is 16.1. The lowest BCUT2D eigenvalue weighted by Crippen LogP contribution is -2.39. The van der Waals surface area contributed by atoms with Crippen molar-refractivity contribution in [3.05, 3.63) is 58.1 Å². The summed E-state index contributed by atoms with van der Waals surface area (Å²) in [5, 5.41) is 10.4. The summed E-state index contributed by atoms with van der Waals surface area (Å²) in [6, 6.07) is 10.8. The molecular weight excluding hydrogens is 373 g/mol. The van der Waals surface area contributed by atoms with Crippen LogP contribution in [0, 0.1) is 10.1 Å². The van der Waals surface area contributed by atoms with Crippen molar-refractivity contribution in [1.29, 1.82) is 0 Å². The summed E-state index contributed by atoms with van der Waals surface area (Å²) in [6.07, 6.45) is 0. The minimum atomic E-state index is -3.57. The van der Waals surface area contributed by atoms with Gasteiger partial charge in [0, 0.05) is 12.6 Å². The first-order chi connectivity index (χ1) is 12.4. The van der Waals surface area contributed by atoms with Gasteiger partial charge in [0.15, 0.2) is 0 Å². The molecule has 146 valence electrons. The largest absolute Gasteiger partial charge is 0.393 e. The van der Waals surface area contributed by atoms with Gasteiger partial charge in [0.1, 0.15) is 11.4 Å². The van der Waals surface area contributed by atoms with E-state index in [4.69, 9.17) is 5.73 Å². The lowest BCUT2D eigenvalue weighted by atomic mass is 9.95. The number of nitrogen functional groups attached to an aromatic ring is 1. The average Bonchev–Trinajstić information content (AvgIpc) is 2.60. The van der Waals surface area contributed by atoms with Crippen molar-refractivity contribution in [2.75, 3.05) is 12.3 Å². The van der Waals surface area contributed by atoms with Gasteiger partial charge in [-0.25, -0.2) is 17.5 Å². The Morgan fingerprint density at radius 3 is 2.26 bits per heavy atom. The molecule has 2 aromatic rings. The van der Waals surface area contributed by atoms with Gasteiger partial charge in [0.2, 0.25) is 10.0 Å². The number of nitro groups is 1. The summed E-state index contributed by atoms with van der Waals surface area (Å²) in [7, 11) is -3.57. The Balaban J connectivity index is 2.24. The van der Waals surface area contributed by atoms with Crippen molar-refractivity contribution in [3.63, 3.8) is 0 Å². The van der Waals surface area contributed by atoms with Crippen LogP contribution in [0.2, 0.25) is 0 Å². The molecule has 9 heteroatoms. The molecule has 1 atom stereocenters. The summed E-state index contributed by atoms with van der Waals surface area (Å²) >= 11 is 0. The molecule has 0 radical (unpaired) electrons. The normalized spacial score (nSPS) is 14.1. The number of rotatable bonds is 7. The number of anilines is 1. The molecule has 0 saturated heterocycles. The Morgan fingerprint density at radius 1 is 1.19 bits per heavy atom. The van der Waals surface area contributed by atoms with Crippen molar-refractivity contribution in [2.24, 2.45) is 0 Å². The Labute approximate surface area is 157 Å². The van der Waals surface area contributed by atoms with Gasteiger partial charge in [-0.1, -0.05) is 30.3 Å². The molecule has 0 heterocycles. The van der Waals surface area contributed by atoms with Crippen LogP contribution in [0.5, 0.6) is 0 Å². The van der Waals surface area contributed by atoms with Crippen LogP contribution in [0.3, 0.4) is 0 Å². The monoisotopic (exact) mass is 395 g/mol. The highest BCUT2D eigenvalue weighted by Gasteiger charge is 2.29. The number of halogens is 1. The molecule has 7 nitrogen and oxygen atoms in total. The number of nitrogens with two attached hydrogens (primary N) is 1. The van der Waals surface area contributed by atoms with E-state index in [0.29, 0.717) is 16.7 Å². The number of hydrogen-bond donors (Lipinski definition) is 2. The smallest absolute Gasteiger partial charge is 0.292 e. The number of hydrogen-bond acceptors (Lipinski definition) is 5. The third kappa shape index (κ3) is 4.81. The van der Waals surface area contributed by atoms with E-state index in [1.807, 2.05) is 0 Å². The van der Waals surface area contributed by atoms with Crippen LogP contribution in [-0.4, -0.2) is 25.1 Å². The minimum absolute atomic E-state index is 0.0640. The van der Waals surface area contributed by atoms with E-state index >= 15 is 0 Å². The van der Waals surface area contributed by atoms with Crippen LogP contribution in [0.1, 0.15) is 26.3 Å². The lowest BCUT2D eigenvalue weighted by Gasteiger charge is -2.22. The maximum Gasteiger partial charge on any atom is 0.292 e. The van der Waals surface area contributed by atoms with Gasteiger partial charge < -0.3 is 5.73 Å². The number of nitrogens with zero attached hydrogens (tertiary/aromatic N) is 1. The summed E-state index contributed by atoms with van der Waals surface area (Å²) < 4.78 is 40.9. The second kappa shape index (κ2) is 7.61. The molecule has 3 N–H and O–H groups in total. The van der Waals surface area contributed by atoms with Crippen molar-refractivity contribution in [3.8, 4) is 11.1 Å². The van der Waals surface area contributed by atoms with Crippen LogP contribution in [-0.2, 0) is 15.7 Å². The number of nitro benzene ring substituents is 1. The van der Waals surface area contributed by atoms with Gasteiger partial charge >= 0.3 is 0 Å². The highest BCUT2D eigenvalue weighted by atomic mass is 32.2. The predicted molar refractivity (Wildman–Crippen MR) is 103 cm³/mol. The first kappa shape index (κ1) is 20.8. The van der Waals surface area contributed by atoms with E-state index in [-0.39, 0.29) is 17.9 Å². The highest BCUT2D eigenvalue weighted by molar-refractivity contribution is 7.90. The lowest BCUT2D eigenvalue weighted by molar-refractivity contribution is -0.383. The van der Waals surface area contributed by atoms with Crippen LogP contribution in [0.4, 0.5) is 15.8 Å². The van der Waals surface area contributed by atoms with Gasteiger partial charge in [0.05, 0.1) is 10.2 Å². The topological polar surface area (TPSA) is 115 Å². The Kier molecular flexibility index (Phi) is 5.86. The molecule has 0 amide bonds. The summed E-state index contributed by atoms with van der Waals surface area (Å²) in [5.41, 5.74) is 5.07. The molecule has 0 saturated carbocycles. The van der Waals surface area contributed by atoms with Crippen molar-refractivity contribution in [1.82, 2.24) is 4.72 Å².